The number of morpholine rings is 1. The zero-order valence-corrected chi connectivity index (χ0v) is 11.0. The molecule has 0 radical (unpaired) electrons. The summed E-state index contributed by atoms with van der Waals surface area (Å²) in [6.45, 7) is 6.25. The molecule has 4 heteroatoms. The predicted molar refractivity (Wildman–Crippen MR) is 70.6 cm³/mol. The van der Waals surface area contributed by atoms with Gasteiger partial charge in [0.1, 0.15) is 0 Å². The van der Waals surface area contributed by atoms with Gasteiger partial charge in [0, 0.05) is 18.7 Å². The average Bonchev–Trinajstić information content (AvgIpc) is 2.41. The van der Waals surface area contributed by atoms with Gasteiger partial charge in [-0.15, -0.1) is 0 Å². The number of hydrogen-bond donors (Lipinski definition) is 1. The van der Waals surface area contributed by atoms with Crippen molar-refractivity contribution in [3.05, 3.63) is 34.9 Å². The normalized spacial score (nSPS) is 19.9. The highest BCUT2D eigenvalue weighted by molar-refractivity contribution is 5.94. The standard InChI is InChI=1S/C14H20N2O2/c1-10-3-4-12(7-11(10)2)14(17)16-5-6-18-9-13(16)8-15/h3-4,7,13H,5-6,8-9,15H2,1-2H3. The van der Waals surface area contributed by atoms with E-state index in [1.54, 1.807) is 0 Å². The summed E-state index contributed by atoms with van der Waals surface area (Å²) < 4.78 is 5.36. The molecule has 1 aliphatic heterocycles. The minimum absolute atomic E-state index is 0.00661. The number of aryl methyl sites for hydroxylation is 2. The van der Waals surface area contributed by atoms with Gasteiger partial charge in [-0.1, -0.05) is 6.07 Å². The molecule has 1 fully saturated rings. The molecule has 1 aromatic carbocycles. The average molecular weight is 248 g/mol. The maximum absolute atomic E-state index is 12.4. The van der Waals surface area contributed by atoms with E-state index in [2.05, 4.69) is 0 Å². The second kappa shape index (κ2) is 5.50. The van der Waals surface area contributed by atoms with Crippen molar-refractivity contribution >= 4 is 5.91 Å². The van der Waals surface area contributed by atoms with Crippen molar-refractivity contribution in [2.75, 3.05) is 26.3 Å². The van der Waals surface area contributed by atoms with Crippen molar-refractivity contribution < 1.29 is 9.53 Å². The van der Waals surface area contributed by atoms with Crippen molar-refractivity contribution in [3.8, 4) is 0 Å². The Hall–Kier alpha value is -1.39. The van der Waals surface area contributed by atoms with E-state index in [9.17, 15) is 4.79 Å². The van der Waals surface area contributed by atoms with Gasteiger partial charge in [0.25, 0.3) is 5.91 Å². The zero-order chi connectivity index (χ0) is 13.1. The third-order valence-electron chi connectivity index (χ3n) is 3.51. The van der Waals surface area contributed by atoms with Crippen LogP contribution in [0.15, 0.2) is 18.2 Å². The summed E-state index contributed by atoms with van der Waals surface area (Å²) >= 11 is 0. The molecule has 1 saturated heterocycles. The topological polar surface area (TPSA) is 55.6 Å². The number of nitrogens with two attached hydrogens (primary N) is 1. The lowest BCUT2D eigenvalue weighted by molar-refractivity contribution is 0.000836. The molecule has 1 aliphatic rings. The Morgan fingerprint density at radius 3 is 2.89 bits per heavy atom. The van der Waals surface area contributed by atoms with Crippen molar-refractivity contribution in [3.63, 3.8) is 0 Å². The third-order valence-corrected chi connectivity index (χ3v) is 3.51. The number of benzene rings is 1. The maximum Gasteiger partial charge on any atom is 0.254 e. The summed E-state index contributed by atoms with van der Waals surface area (Å²) in [5, 5.41) is 0. The molecule has 1 unspecified atom stereocenters. The van der Waals surface area contributed by atoms with E-state index in [0.29, 0.717) is 26.3 Å². The van der Waals surface area contributed by atoms with Gasteiger partial charge < -0.3 is 15.4 Å². The molecule has 0 aliphatic carbocycles. The summed E-state index contributed by atoms with van der Waals surface area (Å²) in [6.07, 6.45) is 0. The van der Waals surface area contributed by atoms with Gasteiger partial charge in [0.15, 0.2) is 0 Å². The predicted octanol–water partition coefficient (Wildman–Crippen LogP) is 1.10. The van der Waals surface area contributed by atoms with E-state index in [4.69, 9.17) is 10.5 Å². The van der Waals surface area contributed by atoms with Crippen LogP contribution in [0.3, 0.4) is 0 Å². The molecule has 0 aromatic heterocycles. The Balaban J connectivity index is 2.21. The van der Waals surface area contributed by atoms with Crippen molar-refractivity contribution in [2.45, 2.75) is 19.9 Å². The summed E-state index contributed by atoms with van der Waals surface area (Å²) in [7, 11) is 0. The number of rotatable bonds is 2. The van der Waals surface area contributed by atoms with Crippen molar-refractivity contribution in [1.29, 1.82) is 0 Å². The molecule has 1 amide bonds. The number of amides is 1. The smallest absolute Gasteiger partial charge is 0.254 e. The Morgan fingerprint density at radius 2 is 2.22 bits per heavy atom. The molecule has 0 bridgehead atoms. The van der Waals surface area contributed by atoms with Gasteiger partial charge in [-0.25, -0.2) is 0 Å². The lowest BCUT2D eigenvalue weighted by atomic mass is 10.0. The number of nitrogens with zero attached hydrogens (tertiary/aromatic N) is 1. The molecule has 18 heavy (non-hydrogen) atoms. The molecule has 0 spiro atoms. The fraction of sp³-hybridized carbons (Fsp3) is 0.500. The van der Waals surface area contributed by atoms with Gasteiger partial charge in [0.05, 0.1) is 19.3 Å². The van der Waals surface area contributed by atoms with E-state index in [0.717, 1.165) is 11.1 Å². The van der Waals surface area contributed by atoms with Crippen LogP contribution in [0.5, 0.6) is 0 Å². The van der Waals surface area contributed by atoms with Crippen LogP contribution in [0.4, 0.5) is 0 Å². The van der Waals surface area contributed by atoms with Gasteiger partial charge >= 0.3 is 0 Å². The van der Waals surface area contributed by atoms with Crippen LogP contribution < -0.4 is 5.73 Å². The fourth-order valence-electron chi connectivity index (χ4n) is 2.16. The first kappa shape index (κ1) is 13.1. The molecular weight excluding hydrogens is 228 g/mol. The Bertz CT molecular complexity index is 445. The van der Waals surface area contributed by atoms with Gasteiger partial charge in [-0.2, -0.15) is 0 Å². The Kier molecular flexibility index (Phi) is 3.99. The number of carbonyl (C=O) groups excluding carboxylic acids is 1. The van der Waals surface area contributed by atoms with Crippen molar-refractivity contribution in [1.82, 2.24) is 4.90 Å². The molecule has 1 aromatic rings. The highest BCUT2D eigenvalue weighted by atomic mass is 16.5. The van der Waals surface area contributed by atoms with Crippen LogP contribution in [0.2, 0.25) is 0 Å². The quantitative estimate of drug-likeness (QED) is 0.852. The summed E-state index contributed by atoms with van der Waals surface area (Å²) in [5.41, 5.74) is 8.76. The van der Waals surface area contributed by atoms with E-state index in [-0.39, 0.29) is 11.9 Å². The molecule has 2 rings (SSSR count). The molecule has 4 nitrogen and oxygen atoms in total. The van der Waals surface area contributed by atoms with Crippen LogP contribution in [0.1, 0.15) is 21.5 Å². The zero-order valence-electron chi connectivity index (χ0n) is 11.0. The number of ether oxygens (including phenoxy) is 1. The van der Waals surface area contributed by atoms with E-state index in [1.807, 2.05) is 36.9 Å². The number of hydrogen-bond acceptors (Lipinski definition) is 3. The number of carbonyl (C=O) groups is 1. The first-order valence-corrected chi connectivity index (χ1v) is 6.29. The van der Waals surface area contributed by atoms with Gasteiger partial charge in [-0.05, 0) is 37.1 Å². The van der Waals surface area contributed by atoms with Gasteiger partial charge in [-0.3, -0.25) is 4.79 Å². The maximum atomic E-state index is 12.4. The molecule has 98 valence electrons. The highest BCUT2D eigenvalue weighted by Crippen LogP contribution is 2.15. The second-order valence-corrected chi connectivity index (χ2v) is 4.76. The molecular formula is C14H20N2O2. The molecule has 1 atom stereocenters. The molecule has 1 heterocycles. The van der Waals surface area contributed by atoms with Crippen LogP contribution in [0.25, 0.3) is 0 Å². The van der Waals surface area contributed by atoms with E-state index >= 15 is 0 Å². The van der Waals surface area contributed by atoms with Crippen LogP contribution in [0, 0.1) is 13.8 Å². The van der Waals surface area contributed by atoms with Crippen molar-refractivity contribution in [2.24, 2.45) is 5.73 Å². The lowest BCUT2D eigenvalue weighted by Gasteiger charge is -2.35. The first-order chi connectivity index (χ1) is 8.63. The largest absolute Gasteiger partial charge is 0.377 e. The summed E-state index contributed by atoms with van der Waals surface area (Å²) in [6, 6.07) is 5.81. The molecule has 2 N–H and O–H groups in total. The van der Waals surface area contributed by atoms with Gasteiger partial charge in [0.2, 0.25) is 0 Å². The monoisotopic (exact) mass is 248 g/mol. The van der Waals surface area contributed by atoms with Crippen LogP contribution in [-0.2, 0) is 4.74 Å². The fourth-order valence-corrected chi connectivity index (χ4v) is 2.16. The minimum Gasteiger partial charge on any atom is -0.377 e. The van der Waals surface area contributed by atoms with E-state index < -0.39 is 0 Å². The van der Waals surface area contributed by atoms with Crippen LogP contribution >= 0.6 is 0 Å². The summed E-state index contributed by atoms with van der Waals surface area (Å²) in [5.74, 6) is 0.0526. The minimum atomic E-state index is -0.00661. The third kappa shape index (κ3) is 2.54. The van der Waals surface area contributed by atoms with E-state index in [1.165, 1.54) is 5.56 Å². The van der Waals surface area contributed by atoms with Crippen LogP contribution in [-0.4, -0.2) is 43.2 Å². The first-order valence-electron chi connectivity index (χ1n) is 6.29. The Labute approximate surface area is 108 Å². The molecule has 0 saturated carbocycles. The SMILES string of the molecule is Cc1ccc(C(=O)N2CCOCC2CN)cc1C. The second-order valence-electron chi connectivity index (χ2n) is 4.76. The summed E-state index contributed by atoms with van der Waals surface area (Å²) in [4.78, 5) is 14.3. The lowest BCUT2D eigenvalue weighted by Crippen LogP contribution is -2.52. The highest BCUT2D eigenvalue weighted by Gasteiger charge is 2.27. The Morgan fingerprint density at radius 1 is 1.44 bits per heavy atom.